The van der Waals surface area contributed by atoms with Gasteiger partial charge in [-0.25, -0.2) is 8.78 Å². The number of aryl methyl sites for hydroxylation is 3. The van der Waals surface area contributed by atoms with Crippen molar-refractivity contribution >= 4 is 18.3 Å². The molecular weight excluding hydrogens is 524 g/mol. The summed E-state index contributed by atoms with van der Waals surface area (Å²) in [6.45, 7) is 13.6. The van der Waals surface area contributed by atoms with Gasteiger partial charge in [0.1, 0.15) is 0 Å². The van der Waals surface area contributed by atoms with E-state index in [1.165, 1.54) is 49.7 Å². The highest BCUT2D eigenvalue weighted by Gasteiger charge is 2.24. The molecule has 0 bridgehead atoms. The summed E-state index contributed by atoms with van der Waals surface area (Å²) >= 11 is 5.81. The van der Waals surface area contributed by atoms with Gasteiger partial charge in [0.15, 0.2) is 0 Å². The van der Waals surface area contributed by atoms with Crippen molar-refractivity contribution in [1.29, 1.82) is 0 Å². The number of nitrogens with one attached hydrogen (secondary N) is 1. The zero-order valence-corrected chi connectivity index (χ0v) is 25.9. The average Bonchev–Trinajstić information content (AvgIpc) is 3.41. The summed E-state index contributed by atoms with van der Waals surface area (Å²) in [6.07, 6.45) is 14.5. The van der Waals surface area contributed by atoms with Crippen molar-refractivity contribution in [3.63, 3.8) is 0 Å². The molecule has 2 aromatic rings. The van der Waals surface area contributed by atoms with Crippen LogP contribution < -0.4 is 11.1 Å². The Morgan fingerprint density at radius 1 is 1.15 bits per heavy atom. The molecule has 1 saturated carbocycles. The molecule has 1 fully saturated rings. The van der Waals surface area contributed by atoms with Crippen LogP contribution in [0.5, 0.6) is 0 Å². The Morgan fingerprint density at radius 3 is 2.25 bits per heavy atom. The molecule has 1 unspecified atom stereocenters. The Labute approximate surface area is 247 Å². The van der Waals surface area contributed by atoms with Crippen molar-refractivity contribution in [2.24, 2.45) is 16.6 Å². The first kappa shape index (κ1) is 37.2. The number of aliphatic imine (C=N–C) groups is 1. The van der Waals surface area contributed by atoms with Crippen LogP contribution in [0.25, 0.3) is 0 Å². The zero-order chi connectivity index (χ0) is 30.4. The molecule has 3 nitrogen and oxygen atoms in total. The normalized spacial score (nSPS) is 16.6. The zero-order valence-electron chi connectivity index (χ0n) is 25.1. The van der Waals surface area contributed by atoms with Crippen LogP contribution >= 0.6 is 11.6 Å². The summed E-state index contributed by atoms with van der Waals surface area (Å²) in [4.78, 5) is 3.54. The lowest BCUT2D eigenvalue weighted by molar-refractivity contribution is 0.0173. The number of halogens is 3. The van der Waals surface area contributed by atoms with Crippen LogP contribution in [0.1, 0.15) is 75.1 Å². The van der Waals surface area contributed by atoms with Crippen molar-refractivity contribution in [3.05, 3.63) is 107 Å². The molecule has 0 amide bonds. The van der Waals surface area contributed by atoms with E-state index >= 15 is 0 Å². The van der Waals surface area contributed by atoms with E-state index in [9.17, 15) is 8.78 Å². The highest BCUT2D eigenvalue weighted by molar-refractivity contribution is 6.31. The fourth-order valence-electron chi connectivity index (χ4n) is 4.26. The summed E-state index contributed by atoms with van der Waals surface area (Å²) in [6, 6.07) is 16.3. The average molecular weight is 574 g/mol. The molecule has 0 spiro atoms. The summed E-state index contributed by atoms with van der Waals surface area (Å²) in [5, 5.41) is 3.82. The fraction of sp³-hybridized carbons (Fsp3) is 0.441. The van der Waals surface area contributed by atoms with Gasteiger partial charge in [-0.3, -0.25) is 4.99 Å². The Bertz CT molecular complexity index is 1000. The summed E-state index contributed by atoms with van der Waals surface area (Å²) in [5.41, 5.74) is 7.82. The SMILES string of the molecule is C=CN.C=N/C=C(Cl)\C=C/CCc1cc(C)cc(C(C)(F)F)c1.CC[C@@H]1CCC(NC)C1.CCc1ccccc1. The van der Waals surface area contributed by atoms with Crippen molar-refractivity contribution < 1.29 is 8.78 Å². The maximum atomic E-state index is 13.3. The van der Waals surface area contributed by atoms with Gasteiger partial charge in [-0.15, -0.1) is 0 Å². The van der Waals surface area contributed by atoms with Crippen molar-refractivity contribution in [2.45, 2.75) is 84.6 Å². The second-order valence-electron chi connectivity index (χ2n) is 9.88. The molecule has 222 valence electrons. The second-order valence-corrected chi connectivity index (χ2v) is 10.3. The third-order valence-corrected chi connectivity index (χ3v) is 6.74. The van der Waals surface area contributed by atoms with Crippen molar-refractivity contribution in [2.75, 3.05) is 7.05 Å². The minimum absolute atomic E-state index is 0.0604. The van der Waals surface area contributed by atoms with Crippen LogP contribution in [0, 0.1) is 12.8 Å². The summed E-state index contributed by atoms with van der Waals surface area (Å²) in [7, 11) is 2.07. The smallest absolute Gasteiger partial charge is 0.270 e. The standard InChI is InChI=1S/C16H18ClF2N.C8H17N.C8H10.C2H5N/c1-12-8-13(10-14(9-12)16(2,18)19)6-4-5-7-15(17)11-20-3;1-3-7-4-5-8(6-7)9-2;1-2-8-6-4-3-5-7-8;1-2-3/h5,7-11H,3-4,6H2,1-2H3;7-9H,3-6H2,1-2H3;3-7H,2H2,1H3;2H,1,3H2/b7-5-,15-11+;;;/t;7-,8?;;/m.1../s1. The van der Waals surface area contributed by atoms with Gasteiger partial charge in [-0.05, 0) is 94.6 Å². The van der Waals surface area contributed by atoms with Gasteiger partial charge in [-0.1, -0.05) is 92.6 Å². The molecule has 0 heterocycles. The van der Waals surface area contributed by atoms with Crippen LogP contribution in [0.2, 0.25) is 0 Å². The third kappa shape index (κ3) is 17.8. The molecule has 3 rings (SSSR count). The van der Waals surface area contributed by atoms with Crippen LogP contribution in [0.15, 0.2) is 89.7 Å². The minimum atomic E-state index is -2.81. The van der Waals surface area contributed by atoms with Crippen LogP contribution in [-0.2, 0) is 18.8 Å². The highest BCUT2D eigenvalue weighted by Crippen LogP contribution is 2.29. The van der Waals surface area contributed by atoms with E-state index in [2.05, 4.69) is 74.5 Å². The molecule has 0 radical (unpaired) electrons. The van der Waals surface area contributed by atoms with Crippen LogP contribution in [0.3, 0.4) is 0 Å². The first-order valence-corrected chi connectivity index (χ1v) is 14.4. The summed E-state index contributed by atoms with van der Waals surface area (Å²) < 4.78 is 26.7. The van der Waals surface area contributed by atoms with Gasteiger partial charge in [0.25, 0.3) is 5.92 Å². The molecular formula is C34H50ClF2N3. The molecule has 6 heteroatoms. The maximum Gasteiger partial charge on any atom is 0.270 e. The first-order valence-electron chi connectivity index (χ1n) is 14.0. The number of rotatable bonds is 9. The lowest BCUT2D eigenvalue weighted by Crippen LogP contribution is -2.21. The molecule has 0 aliphatic heterocycles. The lowest BCUT2D eigenvalue weighted by atomic mass is 10.00. The van der Waals surface area contributed by atoms with E-state index in [0.29, 0.717) is 11.5 Å². The number of allylic oxidation sites excluding steroid dienone is 3. The summed E-state index contributed by atoms with van der Waals surface area (Å²) in [5.74, 6) is -1.79. The number of nitrogens with zero attached hydrogens (tertiary/aromatic N) is 1. The van der Waals surface area contributed by atoms with Gasteiger partial charge in [0.2, 0.25) is 0 Å². The first-order chi connectivity index (χ1) is 19.0. The molecule has 0 aromatic heterocycles. The molecule has 1 aliphatic rings. The predicted molar refractivity (Wildman–Crippen MR) is 172 cm³/mol. The van der Waals surface area contributed by atoms with Gasteiger partial charge in [0.05, 0.1) is 5.03 Å². The largest absolute Gasteiger partial charge is 0.405 e. The monoisotopic (exact) mass is 573 g/mol. The molecule has 2 atom stereocenters. The van der Waals surface area contributed by atoms with Crippen molar-refractivity contribution in [1.82, 2.24) is 5.32 Å². The minimum Gasteiger partial charge on any atom is -0.405 e. The van der Waals surface area contributed by atoms with Gasteiger partial charge < -0.3 is 11.1 Å². The number of hydrogen-bond donors (Lipinski definition) is 2. The predicted octanol–water partition coefficient (Wildman–Crippen LogP) is 9.50. The Morgan fingerprint density at radius 2 is 1.80 bits per heavy atom. The number of alkyl halides is 2. The number of nitrogens with two attached hydrogens (primary N) is 1. The van der Waals surface area contributed by atoms with E-state index in [1.807, 2.05) is 25.1 Å². The molecule has 0 saturated heterocycles. The van der Waals surface area contributed by atoms with E-state index < -0.39 is 5.92 Å². The Balaban J connectivity index is 0.000000622. The molecule has 1 aliphatic carbocycles. The van der Waals surface area contributed by atoms with Crippen molar-refractivity contribution in [3.8, 4) is 0 Å². The fourth-order valence-corrected chi connectivity index (χ4v) is 4.42. The topological polar surface area (TPSA) is 50.4 Å². The molecule has 2 aromatic carbocycles. The highest BCUT2D eigenvalue weighted by atomic mass is 35.5. The van der Waals surface area contributed by atoms with Gasteiger partial charge in [-0.2, -0.15) is 0 Å². The van der Waals surface area contributed by atoms with E-state index in [-0.39, 0.29) is 5.56 Å². The third-order valence-electron chi connectivity index (χ3n) is 6.51. The van der Waals surface area contributed by atoms with Crippen LogP contribution in [0.4, 0.5) is 8.78 Å². The lowest BCUT2D eigenvalue weighted by Gasteiger charge is -2.13. The number of benzene rings is 2. The number of hydrogen-bond acceptors (Lipinski definition) is 3. The van der Waals surface area contributed by atoms with E-state index in [1.54, 1.807) is 12.1 Å². The molecule has 3 N–H and O–H groups in total. The quantitative estimate of drug-likeness (QED) is 0.232. The Hall–Kier alpha value is -2.76. The van der Waals surface area contributed by atoms with Crippen LogP contribution in [-0.4, -0.2) is 19.8 Å². The van der Waals surface area contributed by atoms with E-state index in [4.69, 9.17) is 11.6 Å². The van der Waals surface area contributed by atoms with Gasteiger partial charge >= 0.3 is 0 Å². The molecule has 40 heavy (non-hydrogen) atoms. The Kier molecular flexibility index (Phi) is 20.5. The van der Waals surface area contributed by atoms with Gasteiger partial charge in [0, 0.05) is 24.7 Å². The van der Waals surface area contributed by atoms with E-state index in [0.717, 1.165) is 42.9 Å². The maximum absolute atomic E-state index is 13.3. The second kappa shape index (κ2) is 22.0.